The van der Waals surface area contributed by atoms with Crippen LogP contribution in [0.5, 0.6) is 17.2 Å². The summed E-state index contributed by atoms with van der Waals surface area (Å²) in [5.41, 5.74) is 0.741. The molecule has 1 saturated heterocycles. The number of piperidine rings is 1. The SMILES string of the molecule is COc1cc(O)c2c3c1C[C@@H]1[C@@H]4CC[C@@H](N[C@@H](CCC(=O)OC(C)(C)C)C(=O)OC(C)(C)C)[C@H](O2)[C@]34CCN1CC1CC1. The Morgan fingerprint density at radius 3 is 2.49 bits per heavy atom. The standard InChI is InChI=1S/C34H50N2O7/c1-32(2,3)42-27(38)13-12-23(31(39)43-33(4,5)6)35-22-11-10-21-24-16-20-26(40-7)17-25(37)29-28(20)34(21,30(22)41-29)14-15-36(24)18-19-8-9-19/h17,19,21-24,30,35,37H,8-16,18H2,1-7H3/t21-,22+,23-,24+,30-,34-/m0/s1. The average molecular weight is 599 g/mol. The third-order valence-corrected chi connectivity index (χ3v) is 10.1. The number of rotatable bonds is 9. The summed E-state index contributed by atoms with van der Waals surface area (Å²) in [6, 6.07) is 1.24. The molecule has 9 heteroatoms. The molecule has 43 heavy (non-hydrogen) atoms. The van der Waals surface area contributed by atoms with E-state index in [2.05, 4.69) is 10.2 Å². The van der Waals surface area contributed by atoms with Gasteiger partial charge in [-0.05, 0) is 105 Å². The minimum atomic E-state index is -0.700. The van der Waals surface area contributed by atoms with Gasteiger partial charge in [-0.25, -0.2) is 0 Å². The molecule has 2 N–H and O–H groups in total. The highest BCUT2D eigenvalue weighted by Gasteiger charge is 2.66. The minimum Gasteiger partial charge on any atom is -0.504 e. The van der Waals surface area contributed by atoms with Gasteiger partial charge >= 0.3 is 11.9 Å². The number of phenols is 1. The first kappa shape index (κ1) is 30.5. The number of benzene rings is 1. The van der Waals surface area contributed by atoms with E-state index in [1.807, 2.05) is 41.5 Å². The molecule has 0 radical (unpaired) electrons. The lowest BCUT2D eigenvalue weighted by molar-refractivity contribution is -0.159. The number of aromatic hydroxyl groups is 1. The number of hydrogen-bond acceptors (Lipinski definition) is 9. The molecule has 2 heterocycles. The van der Waals surface area contributed by atoms with Crippen LogP contribution in [-0.4, -0.2) is 77.6 Å². The maximum absolute atomic E-state index is 13.5. The quantitative estimate of drug-likeness (QED) is 0.393. The summed E-state index contributed by atoms with van der Waals surface area (Å²) >= 11 is 0. The molecule has 0 unspecified atom stereocenters. The van der Waals surface area contributed by atoms with Crippen molar-refractivity contribution in [2.45, 2.75) is 134 Å². The fourth-order valence-corrected chi connectivity index (χ4v) is 8.44. The van der Waals surface area contributed by atoms with E-state index in [0.717, 1.165) is 61.6 Å². The van der Waals surface area contributed by atoms with Crippen molar-refractivity contribution >= 4 is 11.9 Å². The van der Waals surface area contributed by atoms with Gasteiger partial charge in [0.05, 0.1) is 7.11 Å². The van der Waals surface area contributed by atoms with Gasteiger partial charge < -0.3 is 24.1 Å². The van der Waals surface area contributed by atoms with E-state index in [9.17, 15) is 14.7 Å². The van der Waals surface area contributed by atoms with Crippen LogP contribution in [-0.2, 0) is 30.9 Å². The van der Waals surface area contributed by atoms with Gasteiger partial charge in [-0.1, -0.05) is 0 Å². The van der Waals surface area contributed by atoms with Gasteiger partial charge in [-0.2, -0.15) is 0 Å². The fraction of sp³-hybridized carbons (Fsp3) is 0.765. The van der Waals surface area contributed by atoms with Crippen LogP contribution in [0.4, 0.5) is 0 Å². The Bertz CT molecular complexity index is 1260. The van der Waals surface area contributed by atoms with E-state index in [1.165, 1.54) is 12.8 Å². The summed E-state index contributed by atoms with van der Waals surface area (Å²) in [7, 11) is 1.67. The smallest absolute Gasteiger partial charge is 0.323 e. The zero-order valence-corrected chi connectivity index (χ0v) is 27.0. The largest absolute Gasteiger partial charge is 0.504 e. The maximum atomic E-state index is 13.5. The lowest BCUT2D eigenvalue weighted by Crippen LogP contribution is -2.69. The van der Waals surface area contributed by atoms with Gasteiger partial charge in [0.15, 0.2) is 11.5 Å². The first-order valence-electron chi connectivity index (χ1n) is 16.2. The first-order chi connectivity index (χ1) is 20.2. The molecule has 3 fully saturated rings. The zero-order valence-electron chi connectivity index (χ0n) is 27.0. The number of methoxy groups -OCH3 is 1. The molecule has 1 aromatic rings. The van der Waals surface area contributed by atoms with Crippen LogP contribution < -0.4 is 14.8 Å². The van der Waals surface area contributed by atoms with E-state index in [-0.39, 0.29) is 48.1 Å². The van der Waals surface area contributed by atoms with Crippen LogP contribution in [0.3, 0.4) is 0 Å². The van der Waals surface area contributed by atoms with Crippen molar-refractivity contribution in [1.82, 2.24) is 10.2 Å². The summed E-state index contributed by atoms with van der Waals surface area (Å²) in [6.07, 6.45) is 6.41. The summed E-state index contributed by atoms with van der Waals surface area (Å²) in [6.45, 7) is 13.2. The summed E-state index contributed by atoms with van der Waals surface area (Å²) < 4.78 is 24.0. The van der Waals surface area contributed by atoms with Crippen molar-refractivity contribution in [2.24, 2.45) is 11.8 Å². The molecule has 238 valence electrons. The van der Waals surface area contributed by atoms with Crippen molar-refractivity contribution in [3.05, 3.63) is 17.2 Å². The van der Waals surface area contributed by atoms with Gasteiger partial charge in [0.2, 0.25) is 0 Å². The van der Waals surface area contributed by atoms with Gasteiger partial charge in [-0.3, -0.25) is 19.8 Å². The Kier molecular flexibility index (Phi) is 7.68. The number of phenolic OH excluding ortho intramolecular Hbond substituents is 1. The van der Waals surface area contributed by atoms with E-state index in [4.69, 9.17) is 18.9 Å². The molecule has 6 rings (SSSR count). The molecule has 2 saturated carbocycles. The lowest BCUT2D eigenvalue weighted by atomic mass is 9.51. The van der Waals surface area contributed by atoms with Gasteiger partial charge in [0.1, 0.15) is 29.1 Å². The number of nitrogens with one attached hydrogen (secondary N) is 1. The average Bonchev–Trinajstić information content (AvgIpc) is 3.65. The van der Waals surface area contributed by atoms with Crippen molar-refractivity contribution in [3.63, 3.8) is 0 Å². The number of carbonyl (C=O) groups is 2. The highest BCUT2D eigenvalue weighted by molar-refractivity contribution is 5.78. The summed E-state index contributed by atoms with van der Waals surface area (Å²) in [4.78, 5) is 28.9. The molecule has 9 nitrogen and oxygen atoms in total. The predicted molar refractivity (Wildman–Crippen MR) is 162 cm³/mol. The Labute approximate surface area is 256 Å². The maximum Gasteiger partial charge on any atom is 0.323 e. The molecule has 0 aromatic heterocycles. The van der Waals surface area contributed by atoms with E-state index < -0.39 is 17.2 Å². The predicted octanol–water partition coefficient (Wildman–Crippen LogP) is 4.64. The van der Waals surface area contributed by atoms with Crippen LogP contribution in [0.2, 0.25) is 0 Å². The molecule has 3 aliphatic carbocycles. The molecule has 5 aliphatic rings. The number of hydrogen-bond donors (Lipinski definition) is 2. The molecular weight excluding hydrogens is 548 g/mol. The molecule has 1 spiro atoms. The Hall–Kier alpha value is -2.52. The summed E-state index contributed by atoms with van der Waals surface area (Å²) in [5.74, 6) is 1.91. The topological polar surface area (TPSA) is 107 Å². The second-order valence-corrected chi connectivity index (χ2v) is 15.5. The number of esters is 2. The molecule has 2 aliphatic heterocycles. The van der Waals surface area contributed by atoms with E-state index in [1.54, 1.807) is 13.2 Å². The highest BCUT2D eigenvalue weighted by atomic mass is 16.6. The Morgan fingerprint density at radius 2 is 1.84 bits per heavy atom. The third-order valence-electron chi connectivity index (χ3n) is 10.1. The van der Waals surface area contributed by atoms with Crippen molar-refractivity contribution in [3.8, 4) is 17.2 Å². The first-order valence-corrected chi connectivity index (χ1v) is 16.2. The van der Waals surface area contributed by atoms with Crippen LogP contribution in [0.15, 0.2) is 6.07 Å². The summed E-state index contributed by atoms with van der Waals surface area (Å²) in [5, 5.41) is 14.8. The molecule has 2 bridgehead atoms. The second-order valence-electron chi connectivity index (χ2n) is 15.5. The van der Waals surface area contributed by atoms with Crippen molar-refractivity contribution in [2.75, 3.05) is 20.2 Å². The Morgan fingerprint density at radius 1 is 1.12 bits per heavy atom. The van der Waals surface area contributed by atoms with Crippen molar-refractivity contribution in [1.29, 1.82) is 0 Å². The Balaban J connectivity index is 1.31. The van der Waals surface area contributed by atoms with Crippen LogP contribution in [0.25, 0.3) is 0 Å². The third kappa shape index (κ3) is 5.72. The number of nitrogens with zero attached hydrogens (tertiary/aromatic N) is 1. The fourth-order valence-electron chi connectivity index (χ4n) is 8.44. The second kappa shape index (κ2) is 10.8. The molecular formula is C34H50N2O7. The van der Waals surface area contributed by atoms with E-state index in [0.29, 0.717) is 17.7 Å². The van der Waals surface area contributed by atoms with Gasteiger partial charge in [0, 0.05) is 47.7 Å². The van der Waals surface area contributed by atoms with Gasteiger partial charge in [-0.15, -0.1) is 0 Å². The van der Waals surface area contributed by atoms with Gasteiger partial charge in [0.25, 0.3) is 0 Å². The monoisotopic (exact) mass is 598 g/mol. The normalized spacial score (nSPS) is 30.2. The van der Waals surface area contributed by atoms with Crippen molar-refractivity contribution < 1.29 is 33.6 Å². The number of likely N-dealkylation sites (tertiary alicyclic amines) is 1. The number of ether oxygens (including phenoxy) is 4. The lowest BCUT2D eigenvalue weighted by Gasteiger charge is -2.60. The molecule has 1 aromatic carbocycles. The highest BCUT2D eigenvalue weighted by Crippen LogP contribution is 2.65. The van der Waals surface area contributed by atoms with Crippen LogP contribution >= 0.6 is 0 Å². The minimum absolute atomic E-state index is 0.0980. The number of carbonyl (C=O) groups excluding carboxylic acids is 2. The van der Waals surface area contributed by atoms with E-state index >= 15 is 0 Å². The van der Waals surface area contributed by atoms with Crippen LogP contribution in [0, 0.1) is 11.8 Å². The van der Waals surface area contributed by atoms with Crippen LogP contribution in [0.1, 0.15) is 97.6 Å². The molecule has 0 amide bonds. The molecule has 6 atom stereocenters. The zero-order chi connectivity index (χ0) is 30.9.